The summed E-state index contributed by atoms with van der Waals surface area (Å²) in [4.78, 5) is 4.27. The van der Waals surface area contributed by atoms with E-state index in [2.05, 4.69) is 149 Å². The Labute approximate surface area is 233 Å². The van der Waals surface area contributed by atoms with Gasteiger partial charge in [0.1, 0.15) is 0 Å². The maximum Gasteiger partial charge on any atom is 0.207 e. The number of hydrogen-bond donors (Lipinski definition) is 1. The van der Waals surface area contributed by atoms with Crippen molar-refractivity contribution < 1.29 is 0 Å². The number of guanidine groups is 1. The summed E-state index contributed by atoms with van der Waals surface area (Å²) in [7, 11) is 2.06. The first-order valence-electron chi connectivity index (χ1n) is 13.5. The van der Waals surface area contributed by atoms with Crippen molar-refractivity contribution >= 4 is 39.0 Å². The predicted molar refractivity (Wildman–Crippen MR) is 167 cm³/mol. The van der Waals surface area contributed by atoms with Crippen molar-refractivity contribution in [3.8, 4) is 0 Å². The number of alkyl halides is 1. The SMILES string of the molecule is CC(C)c1cccc(C(C)C)c1N(C)C(=N)N(c1ccc(CBr)cc1)c1c(C(C)C)cccc1C(C)C. The van der Waals surface area contributed by atoms with E-state index in [1.165, 1.54) is 27.8 Å². The molecule has 0 aliphatic rings. The summed E-state index contributed by atoms with van der Waals surface area (Å²) >= 11 is 3.59. The van der Waals surface area contributed by atoms with E-state index in [4.69, 9.17) is 0 Å². The molecule has 37 heavy (non-hydrogen) atoms. The number of halogens is 1. The van der Waals surface area contributed by atoms with Crippen LogP contribution in [0, 0.1) is 5.41 Å². The second kappa shape index (κ2) is 12.3. The Morgan fingerprint density at radius 2 is 1.03 bits per heavy atom. The molecule has 0 fully saturated rings. The van der Waals surface area contributed by atoms with Crippen LogP contribution in [0.3, 0.4) is 0 Å². The summed E-state index contributed by atoms with van der Waals surface area (Å²) in [6.45, 7) is 17.9. The Hall–Kier alpha value is -2.59. The molecule has 3 aromatic carbocycles. The molecular weight excluding hydrogens is 518 g/mol. The highest BCUT2D eigenvalue weighted by Gasteiger charge is 2.28. The lowest BCUT2D eigenvalue weighted by Gasteiger charge is -2.37. The van der Waals surface area contributed by atoms with Crippen LogP contribution in [0.5, 0.6) is 0 Å². The van der Waals surface area contributed by atoms with Crippen LogP contribution in [0.4, 0.5) is 17.1 Å². The third-order valence-corrected chi connectivity index (χ3v) is 7.77. The number of hydrogen-bond acceptors (Lipinski definition) is 1. The van der Waals surface area contributed by atoms with E-state index in [-0.39, 0.29) is 0 Å². The van der Waals surface area contributed by atoms with Crippen molar-refractivity contribution in [3.63, 3.8) is 0 Å². The number of para-hydroxylation sites is 2. The summed E-state index contributed by atoms with van der Waals surface area (Å²) in [5.74, 6) is 1.81. The number of rotatable bonds is 8. The normalized spacial score (nSPS) is 11.6. The van der Waals surface area contributed by atoms with E-state index in [1.807, 2.05) is 0 Å². The summed E-state index contributed by atoms with van der Waals surface area (Å²) in [5.41, 5.74) is 9.56. The second-order valence-electron chi connectivity index (χ2n) is 11.2. The van der Waals surface area contributed by atoms with Crippen LogP contribution >= 0.6 is 15.9 Å². The second-order valence-corrected chi connectivity index (χ2v) is 11.8. The van der Waals surface area contributed by atoms with Crippen LogP contribution in [0.1, 0.15) is 107 Å². The molecule has 0 spiro atoms. The zero-order chi connectivity index (χ0) is 27.4. The molecule has 198 valence electrons. The van der Waals surface area contributed by atoms with Crippen molar-refractivity contribution in [2.24, 2.45) is 0 Å². The molecule has 3 rings (SSSR count). The number of nitrogens with zero attached hydrogens (tertiary/aromatic N) is 2. The lowest BCUT2D eigenvalue weighted by Crippen LogP contribution is -2.41. The van der Waals surface area contributed by atoms with Crippen molar-refractivity contribution in [3.05, 3.63) is 88.5 Å². The van der Waals surface area contributed by atoms with Crippen LogP contribution in [0.25, 0.3) is 0 Å². The van der Waals surface area contributed by atoms with Gasteiger partial charge in [0.25, 0.3) is 0 Å². The van der Waals surface area contributed by atoms with E-state index in [1.54, 1.807) is 0 Å². The Bertz CT molecular complexity index is 1160. The molecule has 0 bridgehead atoms. The van der Waals surface area contributed by atoms with Gasteiger partial charge in [-0.25, -0.2) is 0 Å². The van der Waals surface area contributed by atoms with Crippen molar-refractivity contribution in [2.45, 2.75) is 84.4 Å². The largest absolute Gasteiger partial charge is 0.315 e. The summed E-state index contributed by atoms with van der Waals surface area (Å²) < 4.78 is 0. The quantitative estimate of drug-likeness (QED) is 0.168. The zero-order valence-corrected chi connectivity index (χ0v) is 25.6. The zero-order valence-electron chi connectivity index (χ0n) is 24.1. The molecular formula is C33H44BrN3. The van der Waals surface area contributed by atoms with Gasteiger partial charge in [-0.05, 0) is 63.6 Å². The number of nitrogens with one attached hydrogen (secondary N) is 1. The minimum atomic E-state index is 0.324. The van der Waals surface area contributed by atoms with Gasteiger partial charge in [0.15, 0.2) is 0 Å². The molecule has 3 aromatic rings. The molecule has 0 radical (unpaired) electrons. The van der Waals surface area contributed by atoms with Crippen molar-refractivity contribution in [1.29, 1.82) is 5.41 Å². The molecule has 0 amide bonds. The van der Waals surface area contributed by atoms with E-state index in [0.717, 1.165) is 22.4 Å². The Kier molecular flexibility index (Phi) is 9.63. The fourth-order valence-corrected chi connectivity index (χ4v) is 5.39. The first kappa shape index (κ1) is 29.0. The number of benzene rings is 3. The predicted octanol–water partition coefficient (Wildman–Crippen LogP) is 10.3. The molecule has 4 heteroatoms. The first-order valence-corrected chi connectivity index (χ1v) is 14.6. The molecule has 1 N–H and O–H groups in total. The summed E-state index contributed by atoms with van der Waals surface area (Å²) in [5, 5.41) is 10.6. The third-order valence-electron chi connectivity index (χ3n) is 7.12. The molecule has 0 aliphatic carbocycles. The molecule has 0 saturated carbocycles. The van der Waals surface area contributed by atoms with Crippen molar-refractivity contribution in [1.82, 2.24) is 0 Å². The Morgan fingerprint density at radius 1 is 0.649 bits per heavy atom. The molecule has 0 aromatic heterocycles. The molecule has 0 saturated heterocycles. The lowest BCUT2D eigenvalue weighted by atomic mass is 9.91. The van der Waals surface area contributed by atoms with Crippen LogP contribution in [0.15, 0.2) is 60.7 Å². The molecule has 0 heterocycles. The molecule has 3 nitrogen and oxygen atoms in total. The Morgan fingerprint density at radius 3 is 1.38 bits per heavy atom. The third kappa shape index (κ3) is 6.12. The lowest BCUT2D eigenvalue weighted by molar-refractivity contribution is 0.824. The van der Waals surface area contributed by atoms with Crippen LogP contribution in [-0.4, -0.2) is 13.0 Å². The minimum Gasteiger partial charge on any atom is -0.315 e. The van der Waals surface area contributed by atoms with Gasteiger partial charge >= 0.3 is 0 Å². The highest BCUT2D eigenvalue weighted by atomic mass is 79.9. The average Bonchev–Trinajstić information content (AvgIpc) is 2.87. The van der Waals surface area contributed by atoms with Gasteiger partial charge in [0, 0.05) is 18.1 Å². The minimum absolute atomic E-state index is 0.324. The maximum absolute atomic E-state index is 9.76. The fraction of sp³-hybridized carbons (Fsp3) is 0.424. The van der Waals surface area contributed by atoms with Gasteiger partial charge in [0.05, 0.1) is 11.4 Å². The first-order chi connectivity index (χ1) is 17.5. The van der Waals surface area contributed by atoms with Gasteiger partial charge < -0.3 is 4.90 Å². The molecule has 0 unspecified atom stereocenters. The van der Waals surface area contributed by atoms with Crippen molar-refractivity contribution in [2.75, 3.05) is 16.8 Å². The highest BCUT2D eigenvalue weighted by Crippen LogP contribution is 2.41. The summed E-state index contributed by atoms with van der Waals surface area (Å²) in [6, 6.07) is 21.8. The van der Waals surface area contributed by atoms with Crippen LogP contribution < -0.4 is 9.80 Å². The van der Waals surface area contributed by atoms with Crippen LogP contribution in [0.2, 0.25) is 0 Å². The van der Waals surface area contributed by atoms with Gasteiger partial charge in [-0.2, -0.15) is 0 Å². The standard InChI is InChI=1S/C33H44BrN3/c1-21(2)27-12-10-13-28(22(3)4)31(27)36(9)33(35)37(26-18-16-25(20-34)17-19-26)32-29(23(5)6)14-11-15-30(32)24(7)8/h10-19,21-24,35H,20H2,1-9H3. The molecule has 0 aliphatic heterocycles. The van der Waals surface area contributed by atoms with Gasteiger partial charge in [-0.3, -0.25) is 10.3 Å². The smallest absolute Gasteiger partial charge is 0.207 e. The van der Waals surface area contributed by atoms with Gasteiger partial charge in [-0.1, -0.05) is 120 Å². The maximum atomic E-state index is 9.76. The van der Waals surface area contributed by atoms with E-state index in [0.29, 0.717) is 29.6 Å². The Balaban J connectivity index is 2.32. The van der Waals surface area contributed by atoms with E-state index >= 15 is 0 Å². The molecule has 0 atom stereocenters. The monoisotopic (exact) mass is 561 g/mol. The summed E-state index contributed by atoms with van der Waals surface area (Å²) in [6.07, 6.45) is 0. The van der Waals surface area contributed by atoms with Gasteiger partial charge in [-0.15, -0.1) is 0 Å². The van der Waals surface area contributed by atoms with Crippen LogP contribution in [-0.2, 0) is 5.33 Å². The topological polar surface area (TPSA) is 30.3 Å². The van der Waals surface area contributed by atoms with E-state index < -0.39 is 0 Å². The average molecular weight is 563 g/mol. The fourth-order valence-electron chi connectivity index (χ4n) is 5.02. The van der Waals surface area contributed by atoms with Gasteiger partial charge in [0.2, 0.25) is 5.96 Å². The number of anilines is 3. The van der Waals surface area contributed by atoms with E-state index in [9.17, 15) is 5.41 Å². The highest BCUT2D eigenvalue weighted by molar-refractivity contribution is 9.08.